The SMILES string of the molecule is CC(C)NC(=O)C(C)N(Cc1ccc(Cl)cc1)C(=O)COc1ccc(I)cc1. The normalized spacial score (nSPS) is 11.8. The Labute approximate surface area is 184 Å². The molecule has 0 saturated carbocycles. The monoisotopic (exact) mass is 514 g/mol. The van der Waals surface area contributed by atoms with E-state index in [2.05, 4.69) is 27.9 Å². The van der Waals surface area contributed by atoms with E-state index in [1.165, 1.54) is 4.90 Å². The molecular formula is C21H24ClIN2O3. The second kappa shape index (κ2) is 10.7. The summed E-state index contributed by atoms with van der Waals surface area (Å²) in [4.78, 5) is 26.9. The van der Waals surface area contributed by atoms with Gasteiger partial charge in [-0.15, -0.1) is 0 Å². The summed E-state index contributed by atoms with van der Waals surface area (Å²) in [6.07, 6.45) is 0. The van der Waals surface area contributed by atoms with Gasteiger partial charge in [0.25, 0.3) is 5.91 Å². The third kappa shape index (κ3) is 6.98. The zero-order valence-corrected chi connectivity index (χ0v) is 19.0. The van der Waals surface area contributed by atoms with Crippen LogP contribution in [0.3, 0.4) is 0 Å². The summed E-state index contributed by atoms with van der Waals surface area (Å²) in [6.45, 7) is 5.63. The lowest BCUT2D eigenvalue weighted by Gasteiger charge is -2.29. The van der Waals surface area contributed by atoms with Crippen molar-refractivity contribution in [1.82, 2.24) is 10.2 Å². The number of benzene rings is 2. The van der Waals surface area contributed by atoms with Gasteiger partial charge in [0.1, 0.15) is 11.8 Å². The first-order chi connectivity index (χ1) is 13.3. The van der Waals surface area contributed by atoms with Gasteiger partial charge in [0, 0.05) is 21.2 Å². The molecule has 0 fully saturated rings. The molecule has 7 heteroatoms. The fourth-order valence-electron chi connectivity index (χ4n) is 2.53. The largest absolute Gasteiger partial charge is 0.484 e. The molecule has 0 aliphatic carbocycles. The average molecular weight is 515 g/mol. The van der Waals surface area contributed by atoms with E-state index < -0.39 is 6.04 Å². The number of hydrogen-bond donors (Lipinski definition) is 1. The smallest absolute Gasteiger partial charge is 0.261 e. The van der Waals surface area contributed by atoms with Crippen molar-refractivity contribution in [2.75, 3.05) is 6.61 Å². The van der Waals surface area contributed by atoms with E-state index >= 15 is 0 Å². The van der Waals surface area contributed by atoms with Gasteiger partial charge < -0.3 is 15.0 Å². The summed E-state index contributed by atoms with van der Waals surface area (Å²) in [5.74, 6) is 0.144. The van der Waals surface area contributed by atoms with Gasteiger partial charge in [0.2, 0.25) is 5.91 Å². The Kier molecular flexibility index (Phi) is 8.57. The molecule has 0 bridgehead atoms. The molecule has 0 spiro atoms. The molecule has 1 unspecified atom stereocenters. The molecule has 0 saturated heterocycles. The van der Waals surface area contributed by atoms with Gasteiger partial charge in [-0.3, -0.25) is 9.59 Å². The minimum atomic E-state index is -0.633. The molecule has 2 amide bonds. The number of carbonyl (C=O) groups is 2. The van der Waals surface area contributed by atoms with Crippen molar-refractivity contribution in [3.05, 3.63) is 62.7 Å². The quantitative estimate of drug-likeness (QED) is 0.536. The van der Waals surface area contributed by atoms with Gasteiger partial charge in [-0.2, -0.15) is 0 Å². The van der Waals surface area contributed by atoms with Crippen LogP contribution in [0.5, 0.6) is 5.75 Å². The van der Waals surface area contributed by atoms with Crippen molar-refractivity contribution >= 4 is 46.0 Å². The second-order valence-corrected chi connectivity index (χ2v) is 8.41. The summed E-state index contributed by atoms with van der Waals surface area (Å²) in [5.41, 5.74) is 0.885. The van der Waals surface area contributed by atoms with Gasteiger partial charge in [-0.25, -0.2) is 0 Å². The van der Waals surface area contributed by atoms with Gasteiger partial charge in [0.05, 0.1) is 0 Å². The molecule has 5 nitrogen and oxygen atoms in total. The highest BCUT2D eigenvalue weighted by Gasteiger charge is 2.26. The van der Waals surface area contributed by atoms with Crippen LogP contribution in [0.25, 0.3) is 0 Å². The zero-order valence-electron chi connectivity index (χ0n) is 16.1. The van der Waals surface area contributed by atoms with Crippen LogP contribution in [0, 0.1) is 3.57 Å². The van der Waals surface area contributed by atoms with Crippen LogP contribution in [0.1, 0.15) is 26.3 Å². The first kappa shape index (κ1) is 22.5. The highest BCUT2D eigenvalue weighted by Crippen LogP contribution is 2.16. The third-order valence-electron chi connectivity index (χ3n) is 4.04. The summed E-state index contributed by atoms with van der Waals surface area (Å²) in [7, 11) is 0. The Hall–Kier alpha value is -1.80. The maximum absolute atomic E-state index is 12.9. The molecule has 2 aromatic rings. The fourth-order valence-corrected chi connectivity index (χ4v) is 3.02. The minimum Gasteiger partial charge on any atom is -0.484 e. The Morgan fingerprint density at radius 1 is 1.07 bits per heavy atom. The number of carbonyl (C=O) groups excluding carboxylic acids is 2. The van der Waals surface area contributed by atoms with Crippen LogP contribution in [0.4, 0.5) is 0 Å². The molecule has 0 aliphatic heterocycles. The van der Waals surface area contributed by atoms with Crippen molar-refractivity contribution in [1.29, 1.82) is 0 Å². The molecule has 0 radical (unpaired) electrons. The maximum atomic E-state index is 12.9. The number of rotatable bonds is 8. The zero-order chi connectivity index (χ0) is 20.7. The van der Waals surface area contributed by atoms with E-state index in [0.29, 0.717) is 17.3 Å². The Balaban J connectivity index is 2.12. The second-order valence-electron chi connectivity index (χ2n) is 6.73. The lowest BCUT2D eigenvalue weighted by atomic mass is 10.1. The van der Waals surface area contributed by atoms with Gasteiger partial charge >= 0.3 is 0 Å². The summed E-state index contributed by atoms with van der Waals surface area (Å²) in [6, 6.07) is 14.0. The first-order valence-electron chi connectivity index (χ1n) is 8.99. The van der Waals surface area contributed by atoms with Crippen molar-refractivity contribution in [2.45, 2.75) is 39.4 Å². The lowest BCUT2D eigenvalue weighted by Crippen LogP contribution is -2.50. The average Bonchev–Trinajstić information content (AvgIpc) is 2.65. The van der Waals surface area contributed by atoms with E-state index in [1.54, 1.807) is 19.1 Å². The lowest BCUT2D eigenvalue weighted by molar-refractivity contribution is -0.142. The van der Waals surface area contributed by atoms with Crippen LogP contribution in [0.2, 0.25) is 5.02 Å². The number of amides is 2. The predicted molar refractivity (Wildman–Crippen MR) is 119 cm³/mol. The van der Waals surface area contributed by atoms with Crippen LogP contribution in [0.15, 0.2) is 48.5 Å². The van der Waals surface area contributed by atoms with Crippen LogP contribution in [-0.2, 0) is 16.1 Å². The van der Waals surface area contributed by atoms with Gasteiger partial charge in [-0.1, -0.05) is 23.7 Å². The minimum absolute atomic E-state index is 0.00882. The highest BCUT2D eigenvalue weighted by molar-refractivity contribution is 14.1. The van der Waals surface area contributed by atoms with Crippen molar-refractivity contribution < 1.29 is 14.3 Å². The fraction of sp³-hybridized carbons (Fsp3) is 0.333. The molecule has 1 N–H and O–H groups in total. The van der Waals surface area contributed by atoms with E-state index in [-0.39, 0.29) is 24.5 Å². The predicted octanol–water partition coefficient (Wildman–Crippen LogP) is 4.27. The molecule has 1 atom stereocenters. The number of nitrogens with one attached hydrogen (secondary N) is 1. The van der Waals surface area contributed by atoms with Crippen molar-refractivity contribution in [2.24, 2.45) is 0 Å². The molecule has 2 aromatic carbocycles. The molecule has 28 heavy (non-hydrogen) atoms. The van der Waals surface area contributed by atoms with Gasteiger partial charge in [-0.05, 0) is 85.3 Å². The summed E-state index contributed by atoms with van der Waals surface area (Å²) >= 11 is 8.15. The standard InChI is InChI=1S/C21H24ClIN2O3/c1-14(2)24-21(27)15(3)25(12-16-4-6-17(22)7-5-16)20(26)13-28-19-10-8-18(23)9-11-19/h4-11,14-15H,12-13H2,1-3H3,(H,24,27). The van der Waals surface area contributed by atoms with Crippen LogP contribution >= 0.6 is 34.2 Å². The molecule has 2 rings (SSSR count). The van der Waals surface area contributed by atoms with E-state index in [4.69, 9.17) is 16.3 Å². The highest BCUT2D eigenvalue weighted by atomic mass is 127. The van der Waals surface area contributed by atoms with Crippen LogP contribution < -0.4 is 10.1 Å². The molecule has 0 heterocycles. The third-order valence-corrected chi connectivity index (χ3v) is 5.01. The Morgan fingerprint density at radius 3 is 2.25 bits per heavy atom. The van der Waals surface area contributed by atoms with Crippen molar-refractivity contribution in [3.8, 4) is 5.75 Å². The van der Waals surface area contributed by atoms with Gasteiger partial charge in [0.15, 0.2) is 6.61 Å². The molecule has 150 valence electrons. The molecule has 0 aromatic heterocycles. The topological polar surface area (TPSA) is 58.6 Å². The van der Waals surface area contributed by atoms with Crippen LogP contribution in [-0.4, -0.2) is 35.4 Å². The Bertz CT molecular complexity index is 794. The Morgan fingerprint density at radius 2 is 1.68 bits per heavy atom. The summed E-state index contributed by atoms with van der Waals surface area (Å²) < 4.78 is 6.71. The first-order valence-corrected chi connectivity index (χ1v) is 10.4. The number of nitrogens with zero attached hydrogens (tertiary/aromatic N) is 1. The maximum Gasteiger partial charge on any atom is 0.261 e. The van der Waals surface area contributed by atoms with E-state index in [9.17, 15) is 9.59 Å². The summed E-state index contributed by atoms with van der Waals surface area (Å²) in [5, 5.41) is 3.48. The number of hydrogen-bond acceptors (Lipinski definition) is 3. The van der Waals surface area contributed by atoms with Crippen molar-refractivity contribution in [3.63, 3.8) is 0 Å². The van der Waals surface area contributed by atoms with E-state index in [0.717, 1.165) is 9.13 Å². The number of halogens is 2. The molecule has 0 aliphatic rings. The van der Waals surface area contributed by atoms with E-state index in [1.807, 2.05) is 50.2 Å². The molecular weight excluding hydrogens is 491 g/mol. The number of ether oxygens (including phenoxy) is 1.